The quantitative estimate of drug-likeness (QED) is 0.630. The fourth-order valence-corrected chi connectivity index (χ4v) is 2.74. The lowest BCUT2D eigenvalue weighted by molar-refractivity contribution is 0.155. The van der Waals surface area contributed by atoms with Crippen LogP contribution in [0.5, 0.6) is 0 Å². The lowest BCUT2D eigenvalue weighted by Gasteiger charge is -2.21. The Morgan fingerprint density at radius 2 is 1.69 bits per heavy atom. The van der Waals surface area contributed by atoms with Crippen LogP contribution in [0.15, 0.2) is 54.9 Å². The van der Waals surface area contributed by atoms with Gasteiger partial charge in [-0.15, -0.1) is 0 Å². The van der Waals surface area contributed by atoms with Gasteiger partial charge in [-0.2, -0.15) is 4.98 Å². The molecule has 0 bridgehead atoms. The first-order chi connectivity index (χ1) is 13.9. The molecule has 0 aliphatic carbocycles. The van der Waals surface area contributed by atoms with E-state index in [1.165, 1.54) is 11.9 Å². The Hall–Kier alpha value is -3.75. The van der Waals surface area contributed by atoms with Gasteiger partial charge in [-0.3, -0.25) is 0 Å². The molecule has 1 amide bonds. The summed E-state index contributed by atoms with van der Waals surface area (Å²) < 4.78 is 0. The highest BCUT2D eigenvalue weighted by atomic mass is 16.4. The molecule has 9 nitrogen and oxygen atoms in total. The van der Waals surface area contributed by atoms with Crippen LogP contribution in [0.2, 0.25) is 0 Å². The zero-order valence-corrected chi connectivity index (χ0v) is 16.5. The first-order valence-corrected chi connectivity index (χ1v) is 9.10. The van der Waals surface area contributed by atoms with Crippen molar-refractivity contribution in [3.8, 4) is 11.4 Å². The smallest absolute Gasteiger partial charge is 0.407 e. The number of rotatable bonds is 7. The summed E-state index contributed by atoms with van der Waals surface area (Å²) in [4.78, 5) is 31.7. The zero-order chi connectivity index (χ0) is 20.8. The first kappa shape index (κ1) is 20.0. The number of carbonyl (C=O) groups is 1. The molecule has 0 fully saturated rings. The molecule has 0 radical (unpaired) electrons. The normalized spacial score (nSPS) is 11.6. The molecule has 2 aromatic heterocycles. The van der Waals surface area contributed by atoms with Gasteiger partial charge in [0.1, 0.15) is 11.6 Å². The van der Waals surface area contributed by atoms with Gasteiger partial charge in [0.05, 0.1) is 0 Å². The third-order valence-electron chi connectivity index (χ3n) is 4.25. The lowest BCUT2D eigenvalue weighted by Crippen LogP contribution is -2.35. The highest BCUT2D eigenvalue weighted by Crippen LogP contribution is 2.22. The van der Waals surface area contributed by atoms with Crippen molar-refractivity contribution in [3.05, 3.63) is 54.9 Å². The number of hydrogen-bond donors (Lipinski definition) is 2. The van der Waals surface area contributed by atoms with Gasteiger partial charge in [-0.25, -0.2) is 19.7 Å². The number of nitrogens with one attached hydrogen (secondary N) is 1. The summed E-state index contributed by atoms with van der Waals surface area (Å²) in [6, 6.07) is 13.2. The van der Waals surface area contributed by atoms with Gasteiger partial charge >= 0.3 is 6.09 Å². The predicted octanol–water partition coefficient (Wildman–Crippen LogP) is 3.11. The van der Waals surface area contributed by atoms with Crippen LogP contribution < -0.4 is 10.2 Å². The maximum atomic E-state index is 11.0. The van der Waals surface area contributed by atoms with Crippen molar-refractivity contribution in [1.29, 1.82) is 0 Å². The highest BCUT2D eigenvalue weighted by molar-refractivity contribution is 5.64. The van der Waals surface area contributed by atoms with Gasteiger partial charge in [-0.1, -0.05) is 30.3 Å². The Kier molecular flexibility index (Phi) is 6.18. The van der Waals surface area contributed by atoms with Crippen LogP contribution in [0, 0.1) is 0 Å². The van der Waals surface area contributed by atoms with E-state index >= 15 is 0 Å². The molecule has 2 N–H and O–H groups in total. The average Bonchev–Trinajstić information content (AvgIpc) is 2.74. The van der Waals surface area contributed by atoms with E-state index in [1.807, 2.05) is 55.3 Å². The molecule has 1 unspecified atom stereocenters. The fourth-order valence-electron chi connectivity index (χ4n) is 2.74. The number of carboxylic acid groups (broad SMARTS) is 1. The Labute approximate surface area is 169 Å². The summed E-state index contributed by atoms with van der Waals surface area (Å²) in [6.07, 6.45) is 2.38. The Bertz CT molecular complexity index is 968. The first-order valence-electron chi connectivity index (χ1n) is 9.10. The van der Waals surface area contributed by atoms with Crippen molar-refractivity contribution < 1.29 is 9.90 Å². The number of hydrogen-bond acceptors (Lipinski definition) is 7. The summed E-state index contributed by atoms with van der Waals surface area (Å²) in [5.74, 6) is 2.40. The van der Waals surface area contributed by atoms with Crippen molar-refractivity contribution in [2.24, 2.45) is 0 Å². The van der Waals surface area contributed by atoms with Gasteiger partial charge in [0, 0.05) is 44.6 Å². The number of benzene rings is 1. The third-order valence-corrected chi connectivity index (χ3v) is 4.25. The zero-order valence-electron chi connectivity index (χ0n) is 16.5. The Morgan fingerprint density at radius 3 is 2.38 bits per heavy atom. The standard InChI is InChI=1S/C20H23N7O2/c1-14(13-26(2)20(28)29)23-19-22-12-10-17(25-19)27(3)16-9-11-21-18(24-16)15-7-5-4-6-8-15/h4-12,14H,13H2,1-3H3,(H,28,29)(H,22,23,25). The Balaban J connectivity index is 1.76. The second-order valence-electron chi connectivity index (χ2n) is 6.61. The second kappa shape index (κ2) is 8.96. The van der Waals surface area contributed by atoms with Crippen molar-refractivity contribution in [2.45, 2.75) is 13.0 Å². The van der Waals surface area contributed by atoms with Crippen LogP contribution >= 0.6 is 0 Å². The molecule has 9 heteroatoms. The van der Waals surface area contributed by atoms with Crippen LogP contribution in [0.3, 0.4) is 0 Å². The third kappa shape index (κ3) is 5.16. The molecule has 0 saturated heterocycles. The molecule has 3 rings (SSSR count). The minimum atomic E-state index is -0.981. The van der Waals surface area contributed by atoms with Crippen LogP contribution in [-0.2, 0) is 0 Å². The van der Waals surface area contributed by atoms with Gasteiger partial charge in [0.25, 0.3) is 0 Å². The fraction of sp³-hybridized carbons (Fsp3) is 0.250. The van der Waals surface area contributed by atoms with Crippen LogP contribution in [-0.4, -0.2) is 62.7 Å². The monoisotopic (exact) mass is 393 g/mol. The molecule has 1 atom stereocenters. The number of aromatic nitrogens is 4. The van der Waals surface area contributed by atoms with Gasteiger partial charge in [0.15, 0.2) is 5.82 Å². The van der Waals surface area contributed by atoms with E-state index in [4.69, 9.17) is 5.11 Å². The van der Waals surface area contributed by atoms with Crippen LogP contribution in [0.25, 0.3) is 11.4 Å². The van der Waals surface area contributed by atoms with Crippen LogP contribution in [0.1, 0.15) is 6.92 Å². The molecule has 150 valence electrons. The van der Waals surface area contributed by atoms with E-state index < -0.39 is 6.09 Å². The maximum Gasteiger partial charge on any atom is 0.407 e. The highest BCUT2D eigenvalue weighted by Gasteiger charge is 2.14. The molecule has 29 heavy (non-hydrogen) atoms. The summed E-state index contributed by atoms with van der Waals surface area (Å²) in [7, 11) is 3.38. The molecule has 0 saturated carbocycles. The average molecular weight is 393 g/mol. The topological polar surface area (TPSA) is 107 Å². The van der Waals surface area contributed by atoms with Crippen molar-refractivity contribution in [3.63, 3.8) is 0 Å². The predicted molar refractivity (Wildman–Crippen MR) is 111 cm³/mol. The maximum absolute atomic E-state index is 11.0. The van der Waals surface area contributed by atoms with Gasteiger partial charge in [-0.05, 0) is 19.1 Å². The SMILES string of the molecule is CC(CN(C)C(=O)O)Nc1nccc(N(C)c2ccnc(-c3ccccc3)n2)n1. The molecule has 2 heterocycles. The van der Waals surface area contributed by atoms with E-state index in [0.29, 0.717) is 30.0 Å². The van der Waals surface area contributed by atoms with E-state index in [2.05, 4.69) is 25.3 Å². The number of likely N-dealkylation sites (N-methyl/N-ethyl adjacent to an activating group) is 1. The van der Waals surface area contributed by atoms with Gasteiger partial charge < -0.3 is 20.2 Å². The minimum Gasteiger partial charge on any atom is -0.465 e. The molecule has 0 aliphatic heterocycles. The number of nitrogens with zero attached hydrogens (tertiary/aromatic N) is 6. The summed E-state index contributed by atoms with van der Waals surface area (Å²) in [6.45, 7) is 2.18. The molecule has 1 aromatic carbocycles. The number of anilines is 3. The lowest BCUT2D eigenvalue weighted by atomic mass is 10.2. The summed E-state index contributed by atoms with van der Waals surface area (Å²) >= 11 is 0. The minimum absolute atomic E-state index is 0.152. The van der Waals surface area contributed by atoms with E-state index in [-0.39, 0.29) is 6.04 Å². The molecule has 3 aromatic rings. The van der Waals surface area contributed by atoms with Crippen LogP contribution in [0.4, 0.5) is 22.4 Å². The summed E-state index contributed by atoms with van der Waals surface area (Å²) in [5.41, 5.74) is 0.934. The second-order valence-corrected chi connectivity index (χ2v) is 6.61. The molecular formula is C20H23N7O2. The molecule has 0 spiro atoms. The van der Waals surface area contributed by atoms with Gasteiger partial charge in [0.2, 0.25) is 5.95 Å². The number of amides is 1. The molecular weight excluding hydrogens is 370 g/mol. The summed E-state index contributed by atoms with van der Waals surface area (Å²) in [5, 5.41) is 12.1. The Morgan fingerprint density at radius 1 is 1.03 bits per heavy atom. The van der Waals surface area contributed by atoms with E-state index in [1.54, 1.807) is 18.5 Å². The van der Waals surface area contributed by atoms with Crippen molar-refractivity contribution in [1.82, 2.24) is 24.8 Å². The molecule has 0 aliphatic rings. The van der Waals surface area contributed by atoms with Crippen molar-refractivity contribution >= 4 is 23.7 Å². The largest absolute Gasteiger partial charge is 0.465 e. The van der Waals surface area contributed by atoms with E-state index in [0.717, 1.165) is 5.56 Å². The van der Waals surface area contributed by atoms with E-state index in [9.17, 15) is 4.79 Å². The van der Waals surface area contributed by atoms with Crippen molar-refractivity contribution in [2.75, 3.05) is 30.9 Å².